The predicted octanol–water partition coefficient (Wildman–Crippen LogP) is 1.92. The number of ether oxygens (including phenoxy) is 2. The second-order valence-corrected chi connectivity index (χ2v) is 7.08. The van der Waals surface area contributed by atoms with Gasteiger partial charge < -0.3 is 20.1 Å². The minimum atomic E-state index is -0.762. The van der Waals surface area contributed by atoms with E-state index in [4.69, 9.17) is 15.2 Å². The van der Waals surface area contributed by atoms with E-state index in [1.54, 1.807) is 12.1 Å². The Bertz CT molecular complexity index is 1040. The molecule has 2 rings (SSSR count). The molecule has 174 valence electrons. The smallest absolute Gasteiger partial charge is 0.338 e. The molecule has 0 bridgehead atoms. The molecule has 10 nitrogen and oxygen atoms in total. The molecule has 0 aliphatic heterocycles. The monoisotopic (exact) mass is 446 g/mol. The van der Waals surface area contributed by atoms with Crippen LogP contribution in [0.2, 0.25) is 0 Å². The lowest BCUT2D eigenvalue weighted by Gasteiger charge is -2.24. The molecule has 0 spiro atoms. The van der Waals surface area contributed by atoms with Gasteiger partial charge in [0.25, 0.3) is 11.5 Å². The third-order valence-electron chi connectivity index (χ3n) is 4.70. The molecule has 3 N–H and O–H groups in total. The number of nitrogens with two attached hydrogens (primary N) is 1. The molecule has 2 aromatic rings. The number of rotatable bonds is 11. The van der Waals surface area contributed by atoms with Crippen LogP contribution in [-0.2, 0) is 16.1 Å². The van der Waals surface area contributed by atoms with Crippen molar-refractivity contribution in [2.75, 3.05) is 30.4 Å². The summed E-state index contributed by atoms with van der Waals surface area (Å²) < 4.78 is 11.7. The van der Waals surface area contributed by atoms with Crippen molar-refractivity contribution in [1.29, 1.82) is 0 Å². The zero-order valence-electron chi connectivity index (χ0n) is 18.7. The molecule has 32 heavy (non-hydrogen) atoms. The topological polar surface area (TPSA) is 137 Å². The van der Waals surface area contributed by atoms with E-state index in [1.807, 2.05) is 20.8 Å². The number of hydrogen-bond acceptors (Lipinski definition) is 7. The number of carbonyl (C=O) groups excluding carboxylic acids is 2. The summed E-state index contributed by atoms with van der Waals surface area (Å²) in [7, 11) is 0. The molecule has 1 aromatic heterocycles. The van der Waals surface area contributed by atoms with E-state index in [0.29, 0.717) is 25.2 Å². The van der Waals surface area contributed by atoms with E-state index in [-0.39, 0.29) is 30.2 Å². The summed E-state index contributed by atoms with van der Waals surface area (Å²) in [6.45, 7) is 6.03. The van der Waals surface area contributed by atoms with Crippen LogP contribution < -0.4 is 26.6 Å². The van der Waals surface area contributed by atoms with E-state index >= 15 is 0 Å². The first kappa shape index (κ1) is 24.7. The second kappa shape index (κ2) is 11.7. The van der Waals surface area contributed by atoms with Crippen LogP contribution in [0.25, 0.3) is 0 Å². The Balaban J connectivity index is 2.23. The van der Waals surface area contributed by atoms with Crippen LogP contribution in [0, 0.1) is 0 Å². The first-order chi connectivity index (χ1) is 15.3. The number of amides is 1. The molecule has 1 aromatic carbocycles. The van der Waals surface area contributed by atoms with Gasteiger partial charge >= 0.3 is 11.7 Å². The van der Waals surface area contributed by atoms with E-state index in [2.05, 4.69) is 4.98 Å². The number of unbranched alkanes of at least 4 members (excludes halogenated alkanes) is 1. The van der Waals surface area contributed by atoms with Crippen LogP contribution in [0.1, 0.15) is 50.4 Å². The quantitative estimate of drug-likeness (QED) is 0.503. The van der Waals surface area contributed by atoms with Gasteiger partial charge in [-0.25, -0.2) is 9.59 Å². The SMILES string of the molecule is CCCCN(C(=O)COC(=O)c1ccc(OCC)cc1)c1c(N)n(CCC)c(=O)[nH]c1=O. The van der Waals surface area contributed by atoms with E-state index < -0.39 is 29.7 Å². The number of carbonyl (C=O) groups is 2. The normalized spacial score (nSPS) is 10.6. The van der Waals surface area contributed by atoms with Crippen molar-refractivity contribution in [3.8, 4) is 5.75 Å². The van der Waals surface area contributed by atoms with Crippen LogP contribution in [0.5, 0.6) is 5.75 Å². The van der Waals surface area contributed by atoms with Gasteiger partial charge in [0, 0.05) is 13.1 Å². The Hall–Kier alpha value is -3.56. The molecule has 0 saturated heterocycles. The minimum Gasteiger partial charge on any atom is -0.494 e. The van der Waals surface area contributed by atoms with E-state index in [0.717, 1.165) is 6.42 Å². The molecule has 0 saturated carbocycles. The number of benzene rings is 1. The maximum atomic E-state index is 12.9. The summed E-state index contributed by atoms with van der Waals surface area (Å²) in [5.41, 5.74) is 4.84. The minimum absolute atomic E-state index is 0.0945. The molecular weight excluding hydrogens is 416 g/mol. The average Bonchev–Trinajstić information content (AvgIpc) is 2.77. The number of H-pyrrole nitrogens is 1. The van der Waals surface area contributed by atoms with Crippen molar-refractivity contribution < 1.29 is 19.1 Å². The maximum Gasteiger partial charge on any atom is 0.338 e. The summed E-state index contributed by atoms with van der Waals surface area (Å²) in [6.07, 6.45) is 1.95. The van der Waals surface area contributed by atoms with Gasteiger partial charge in [0.15, 0.2) is 12.3 Å². The fraction of sp³-hybridized carbons (Fsp3) is 0.455. The standard InChI is InChI=1S/C22H30N4O6/c1-4-7-13-25(18-19(23)26(12-5-2)22(30)24-20(18)28)17(27)14-32-21(29)15-8-10-16(11-9-15)31-6-3/h8-11H,4-7,12-14,23H2,1-3H3,(H,24,28,30). The highest BCUT2D eigenvalue weighted by atomic mass is 16.5. The lowest BCUT2D eigenvalue weighted by molar-refractivity contribution is -0.121. The van der Waals surface area contributed by atoms with Gasteiger partial charge in [-0.15, -0.1) is 0 Å². The summed E-state index contributed by atoms with van der Waals surface area (Å²) in [6, 6.07) is 6.34. The Morgan fingerprint density at radius 2 is 1.78 bits per heavy atom. The number of nitrogens with one attached hydrogen (secondary N) is 1. The molecule has 10 heteroatoms. The molecule has 1 heterocycles. The summed E-state index contributed by atoms with van der Waals surface area (Å²) in [5.74, 6) is -0.781. The van der Waals surface area contributed by atoms with Crippen LogP contribution in [0.3, 0.4) is 0 Å². The maximum absolute atomic E-state index is 12.9. The molecule has 1 amide bonds. The first-order valence-corrected chi connectivity index (χ1v) is 10.7. The summed E-state index contributed by atoms with van der Waals surface area (Å²) in [4.78, 5) is 53.2. The van der Waals surface area contributed by atoms with Crippen molar-refractivity contribution in [2.24, 2.45) is 0 Å². The van der Waals surface area contributed by atoms with Crippen molar-refractivity contribution in [3.63, 3.8) is 0 Å². The Morgan fingerprint density at radius 1 is 1.09 bits per heavy atom. The number of nitrogen functional groups attached to an aromatic ring is 1. The molecular formula is C22H30N4O6. The van der Waals surface area contributed by atoms with Gasteiger partial charge in [-0.05, 0) is 44.0 Å². The highest BCUT2D eigenvalue weighted by molar-refractivity contribution is 5.98. The van der Waals surface area contributed by atoms with Gasteiger partial charge in [0.2, 0.25) is 0 Å². The number of esters is 1. The number of aromatic nitrogens is 2. The zero-order valence-corrected chi connectivity index (χ0v) is 18.7. The molecule has 0 aliphatic rings. The van der Waals surface area contributed by atoms with Gasteiger partial charge in [0.05, 0.1) is 12.2 Å². The van der Waals surface area contributed by atoms with Crippen molar-refractivity contribution in [2.45, 2.75) is 46.6 Å². The third-order valence-corrected chi connectivity index (χ3v) is 4.70. The summed E-state index contributed by atoms with van der Waals surface area (Å²) >= 11 is 0. The number of anilines is 2. The number of aromatic amines is 1. The van der Waals surface area contributed by atoms with Gasteiger partial charge in [-0.1, -0.05) is 20.3 Å². The molecule has 0 aliphatic carbocycles. The van der Waals surface area contributed by atoms with Gasteiger partial charge in [-0.3, -0.25) is 19.1 Å². The Morgan fingerprint density at radius 3 is 2.38 bits per heavy atom. The number of nitrogens with zero attached hydrogens (tertiary/aromatic N) is 2. The Kier molecular flexibility index (Phi) is 9.06. The van der Waals surface area contributed by atoms with Crippen molar-refractivity contribution >= 4 is 23.4 Å². The zero-order chi connectivity index (χ0) is 23.7. The van der Waals surface area contributed by atoms with Crippen LogP contribution in [-0.4, -0.2) is 41.2 Å². The summed E-state index contributed by atoms with van der Waals surface area (Å²) in [5, 5.41) is 0. The lowest BCUT2D eigenvalue weighted by atomic mass is 10.2. The number of hydrogen-bond donors (Lipinski definition) is 2. The average molecular weight is 447 g/mol. The van der Waals surface area contributed by atoms with E-state index in [9.17, 15) is 19.2 Å². The van der Waals surface area contributed by atoms with E-state index in [1.165, 1.54) is 21.6 Å². The van der Waals surface area contributed by atoms with Crippen molar-refractivity contribution in [3.05, 3.63) is 50.7 Å². The van der Waals surface area contributed by atoms with Crippen molar-refractivity contribution in [1.82, 2.24) is 9.55 Å². The van der Waals surface area contributed by atoms with Crippen LogP contribution >= 0.6 is 0 Å². The van der Waals surface area contributed by atoms with Gasteiger partial charge in [-0.2, -0.15) is 0 Å². The highest BCUT2D eigenvalue weighted by Crippen LogP contribution is 2.18. The fourth-order valence-electron chi connectivity index (χ4n) is 3.10. The van der Waals surface area contributed by atoms with Crippen LogP contribution in [0.4, 0.5) is 11.5 Å². The van der Waals surface area contributed by atoms with Crippen LogP contribution in [0.15, 0.2) is 33.9 Å². The predicted molar refractivity (Wildman–Crippen MR) is 121 cm³/mol. The molecule has 0 radical (unpaired) electrons. The highest BCUT2D eigenvalue weighted by Gasteiger charge is 2.25. The Labute approximate surface area is 185 Å². The third kappa shape index (κ3) is 5.99. The van der Waals surface area contributed by atoms with Gasteiger partial charge in [0.1, 0.15) is 11.6 Å². The lowest BCUT2D eigenvalue weighted by Crippen LogP contribution is -2.43. The molecule has 0 unspecified atom stereocenters. The molecule has 0 atom stereocenters. The molecule has 0 fully saturated rings. The fourth-order valence-corrected chi connectivity index (χ4v) is 3.10. The first-order valence-electron chi connectivity index (χ1n) is 10.7. The largest absolute Gasteiger partial charge is 0.494 e. The second-order valence-electron chi connectivity index (χ2n) is 7.08.